The lowest BCUT2D eigenvalue weighted by molar-refractivity contribution is -0.145. The van der Waals surface area contributed by atoms with Crippen LogP contribution in [0, 0.1) is 6.92 Å². The normalized spacial score (nSPS) is 17.4. The van der Waals surface area contributed by atoms with Crippen molar-refractivity contribution in [3.63, 3.8) is 0 Å². The molecule has 1 aliphatic carbocycles. The number of thiocarbonyl (C=S) groups is 1. The van der Waals surface area contributed by atoms with E-state index in [0.29, 0.717) is 23.9 Å². The van der Waals surface area contributed by atoms with Crippen molar-refractivity contribution in [1.29, 1.82) is 0 Å². The van der Waals surface area contributed by atoms with Gasteiger partial charge in [-0.25, -0.2) is 4.79 Å². The summed E-state index contributed by atoms with van der Waals surface area (Å²) >= 11 is 5.49. The van der Waals surface area contributed by atoms with Crippen LogP contribution < -0.4 is 20.2 Å². The number of carbonyl (C=O) groups excluding carboxylic acids is 1. The molecule has 4 rings (SSSR count). The largest absolute Gasteiger partial charge is 0.486 e. The Morgan fingerprint density at radius 1 is 1.18 bits per heavy atom. The Balaban J connectivity index is 1.55. The molecule has 2 aliphatic rings. The molecule has 180 valence electrons. The van der Waals surface area contributed by atoms with E-state index in [-0.39, 0.29) is 12.2 Å². The van der Waals surface area contributed by atoms with Crippen LogP contribution in [0.5, 0.6) is 11.5 Å². The Morgan fingerprint density at radius 2 is 1.97 bits per heavy atom. The van der Waals surface area contributed by atoms with Crippen molar-refractivity contribution >= 4 is 34.7 Å². The molecule has 7 nitrogen and oxygen atoms in total. The van der Waals surface area contributed by atoms with E-state index in [2.05, 4.69) is 10.7 Å². The molecule has 0 radical (unpaired) electrons. The van der Waals surface area contributed by atoms with Crippen LogP contribution in [-0.2, 0) is 9.53 Å². The summed E-state index contributed by atoms with van der Waals surface area (Å²) < 4.78 is 17.1. The number of nitrogens with zero attached hydrogens (tertiary/aromatic N) is 1. The van der Waals surface area contributed by atoms with Gasteiger partial charge in [-0.1, -0.05) is 24.6 Å². The van der Waals surface area contributed by atoms with Crippen molar-refractivity contribution in [2.75, 3.05) is 18.5 Å². The summed E-state index contributed by atoms with van der Waals surface area (Å²) in [7, 11) is 0. The molecule has 0 bridgehead atoms. The lowest BCUT2D eigenvalue weighted by Crippen LogP contribution is -2.44. The monoisotopic (exact) mass is 481 g/mol. The average Bonchev–Trinajstić information content (AvgIpc) is 2.83. The maximum absolute atomic E-state index is 11.7. The molecule has 1 spiro atoms. The van der Waals surface area contributed by atoms with E-state index in [1.54, 1.807) is 6.92 Å². The first kappa shape index (κ1) is 24.0. The standard InChI is InChI=1S/C26H31N3O4S/c1-3-31-24(30)17-32-19-11-12-23-20(15-19)22(16-26(33-23)13-7-4-8-14-26)28-29-25(34)27-21-10-6-5-9-18(21)2/h5-6,9-12,15H,3-4,7-8,13-14,16-17H2,1-2H3,(H2,27,29,34)/b28-22+. The Labute approximate surface area is 205 Å². The van der Waals surface area contributed by atoms with Gasteiger partial charge in [0.2, 0.25) is 0 Å². The summed E-state index contributed by atoms with van der Waals surface area (Å²) in [6, 6.07) is 13.5. The summed E-state index contributed by atoms with van der Waals surface area (Å²) in [5.41, 5.74) is 6.50. The van der Waals surface area contributed by atoms with Gasteiger partial charge in [0.25, 0.3) is 0 Å². The van der Waals surface area contributed by atoms with Gasteiger partial charge in [0.1, 0.15) is 17.1 Å². The Hall–Kier alpha value is -3.13. The van der Waals surface area contributed by atoms with E-state index in [4.69, 9.17) is 31.5 Å². The smallest absolute Gasteiger partial charge is 0.344 e. The minimum absolute atomic E-state index is 0.146. The number of hydrogen-bond donors (Lipinski definition) is 2. The van der Waals surface area contributed by atoms with Crippen molar-refractivity contribution < 1.29 is 19.0 Å². The topological polar surface area (TPSA) is 81.2 Å². The van der Waals surface area contributed by atoms with Gasteiger partial charge in [0, 0.05) is 17.7 Å². The van der Waals surface area contributed by atoms with Crippen LogP contribution in [0.2, 0.25) is 0 Å². The van der Waals surface area contributed by atoms with Crippen molar-refractivity contribution in [1.82, 2.24) is 5.43 Å². The summed E-state index contributed by atoms with van der Waals surface area (Å²) in [5, 5.41) is 8.33. The highest BCUT2D eigenvalue weighted by Gasteiger charge is 2.40. The van der Waals surface area contributed by atoms with Crippen molar-refractivity contribution in [2.24, 2.45) is 5.10 Å². The number of ether oxygens (including phenoxy) is 3. The lowest BCUT2D eigenvalue weighted by Gasteiger charge is -2.41. The van der Waals surface area contributed by atoms with E-state index in [0.717, 1.165) is 54.0 Å². The van der Waals surface area contributed by atoms with Gasteiger partial charge >= 0.3 is 5.97 Å². The van der Waals surface area contributed by atoms with Crippen molar-refractivity contribution in [2.45, 2.75) is 58.0 Å². The van der Waals surface area contributed by atoms with Crippen LogP contribution in [0.1, 0.15) is 56.6 Å². The minimum Gasteiger partial charge on any atom is -0.486 e. The van der Waals surface area contributed by atoms with Crippen molar-refractivity contribution in [3.8, 4) is 11.5 Å². The highest BCUT2D eigenvalue weighted by atomic mass is 32.1. The third-order valence-electron chi connectivity index (χ3n) is 6.19. The fourth-order valence-electron chi connectivity index (χ4n) is 4.48. The number of fused-ring (bicyclic) bond motifs is 1. The number of aryl methyl sites for hydroxylation is 1. The fourth-order valence-corrected chi connectivity index (χ4v) is 4.64. The molecular weight excluding hydrogens is 450 g/mol. The summed E-state index contributed by atoms with van der Waals surface area (Å²) in [4.78, 5) is 11.7. The summed E-state index contributed by atoms with van der Waals surface area (Å²) in [5.74, 6) is 0.930. The van der Waals surface area contributed by atoms with Gasteiger partial charge in [-0.15, -0.1) is 0 Å². The molecule has 2 aromatic rings. The van der Waals surface area contributed by atoms with Crippen LogP contribution in [-0.4, -0.2) is 35.6 Å². The number of para-hydroxylation sites is 1. The van der Waals surface area contributed by atoms with Gasteiger partial charge in [-0.05, 0) is 81.6 Å². The first-order valence-electron chi connectivity index (χ1n) is 11.8. The van der Waals surface area contributed by atoms with Gasteiger partial charge in [-0.3, -0.25) is 5.43 Å². The molecular formula is C26H31N3O4S. The Bertz CT molecular complexity index is 1080. The van der Waals surface area contributed by atoms with Crippen molar-refractivity contribution in [3.05, 3.63) is 53.6 Å². The number of rotatable bonds is 6. The lowest BCUT2D eigenvalue weighted by atomic mass is 9.78. The molecule has 0 unspecified atom stereocenters. The van der Waals surface area contributed by atoms with Crippen LogP contribution in [0.4, 0.5) is 5.69 Å². The molecule has 1 saturated carbocycles. The molecule has 0 amide bonds. The van der Waals surface area contributed by atoms with Crippen LogP contribution in [0.15, 0.2) is 47.6 Å². The fraction of sp³-hybridized carbons (Fsp3) is 0.423. The quantitative estimate of drug-likeness (QED) is 0.337. The van der Waals surface area contributed by atoms with E-state index >= 15 is 0 Å². The summed E-state index contributed by atoms with van der Waals surface area (Å²) in [6.45, 7) is 3.97. The number of carbonyl (C=O) groups is 1. The third kappa shape index (κ3) is 5.86. The zero-order valence-electron chi connectivity index (χ0n) is 19.7. The van der Waals surface area contributed by atoms with Crippen LogP contribution in [0.3, 0.4) is 0 Å². The molecule has 0 saturated heterocycles. The predicted octanol–water partition coefficient (Wildman–Crippen LogP) is 5.11. The zero-order valence-corrected chi connectivity index (χ0v) is 20.5. The maximum Gasteiger partial charge on any atom is 0.344 e. The van der Waals surface area contributed by atoms with E-state index < -0.39 is 5.97 Å². The molecule has 0 aromatic heterocycles. The van der Waals surface area contributed by atoms with E-state index in [1.165, 1.54) is 6.42 Å². The summed E-state index contributed by atoms with van der Waals surface area (Å²) in [6.07, 6.45) is 6.19. The third-order valence-corrected chi connectivity index (χ3v) is 6.38. The van der Waals surface area contributed by atoms with Gasteiger partial charge < -0.3 is 19.5 Å². The number of anilines is 1. The molecule has 1 heterocycles. The second kappa shape index (κ2) is 10.9. The first-order valence-corrected chi connectivity index (χ1v) is 12.2. The zero-order chi connectivity index (χ0) is 24.0. The van der Waals surface area contributed by atoms with E-state index in [1.807, 2.05) is 49.4 Å². The predicted molar refractivity (Wildman–Crippen MR) is 137 cm³/mol. The highest BCUT2D eigenvalue weighted by Crippen LogP contribution is 2.43. The minimum atomic E-state index is -0.402. The van der Waals surface area contributed by atoms with Gasteiger partial charge in [0.05, 0.1) is 12.3 Å². The molecule has 34 heavy (non-hydrogen) atoms. The number of hydrogen-bond acceptors (Lipinski definition) is 6. The van der Waals surface area contributed by atoms with E-state index in [9.17, 15) is 4.79 Å². The van der Waals surface area contributed by atoms with Crippen LogP contribution in [0.25, 0.3) is 0 Å². The number of esters is 1. The molecule has 1 fully saturated rings. The Kier molecular flexibility index (Phi) is 7.67. The van der Waals surface area contributed by atoms with Crippen LogP contribution >= 0.6 is 12.2 Å². The van der Waals surface area contributed by atoms with Gasteiger partial charge in [0.15, 0.2) is 11.7 Å². The van der Waals surface area contributed by atoms with Gasteiger partial charge in [-0.2, -0.15) is 5.10 Å². The number of nitrogens with one attached hydrogen (secondary N) is 2. The second-order valence-electron chi connectivity index (χ2n) is 8.71. The molecule has 8 heteroatoms. The molecule has 1 aliphatic heterocycles. The SMILES string of the molecule is CCOC(=O)COc1ccc2c(c1)/C(=N/NC(=S)Nc1ccccc1C)CC1(CCCCC1)O2. The maximum atomic E-state index is 11.7. The number of hydrazone groups is 1. The molecule has 2 N–H and O–H groups in total. The first-order chi connectivity index (χ1) is 16.5. The molecule has 0 atom stereocenters. The second-order valence-corrected chi connectivity index (χ2v) is 9.12. The highest BCUT2D eigenvalue weighted by molar-refractivity contribution is 7.80. The Morgan fingerprint density at radius 3 is 2.74 bits per heavy atom. The molecule has 2 aromatic carbocycles. The average molecular weight is 482 g/mol. The number of benzene rings is 2.